The first kappa shape index (κ1) is 12.7. The first-order valence-electron chi connectivity index (χ1n) is 4.71. The van der Waals surface area contributed by atoms with Crippen LogP contribution in [0.3, 0.4) is 0 Å². The summed E-state index contributed by atoms with van der Waals surface area (Å²) in [6.07, 6.45) is 0.132. The maximum atomic E-state index is 11.2. The van der Waals surface area contributed by atoms with Gasteiger partial charge in [0.15, 0.2) is 12.4 Å². The van der Waals surface area contributed by atoms with E-state index in [1.165, 1.54) is 0 Å². The Kier molecular flexibility index (Phi) is 4.49. The van der Waals surface area contributed by atoms with Crippen molar-refractivity contribution in [3.05, 3.63) is 28.2 Å². The number of amides is 1. The summed E-state index contributed by atoms with van der Waals surface area (Å²) in [6, 6.07) is 4.97. The number of hydrogen-bond donors (Lipinski definition) is 1. The first-order valence-corrected chi connectivity index (χ1v) is 5.50. The summed E-state index contributed by atoms with van der Waals surface area (Å²) in [5.41, 5.74) is 0.488. The molecule has 0 aliphatic heterocycles. The number of ether oxygens (including phenoxy) is 1. The van der Waals surface area contributed by atoms with Gasteiger partial charge in [0.2, 0.25) is 0 Å². The van der Waals surface area contributed by atoms with Gasteiger partial charge in [-0.1, -0.05) is 15.9 Å². The van der Waals surface area contributed by atoms with Gasteiger partial charge in [-0.3, -0.25) is 9.59 Å². The number of hydrogen-bond acceptors (Lipinski definition) is 3. The number of halogens is 1. The summed E-state index contributed by atoms with van der Waals surface area (Å²) in [7, 11) is 1.54. The average molecular weight is 286 g/mol. The van der Waals surface area contributed by atoms with Crippen LogP contribution in [0.1, 0.15) is 17.3 Å². The van der Waals surface area contributed by atoms with Crippen LogP contribution < -0.4 is 10.1 Å². The molecule has 1 atom stereocenters. The van der Waals surface area contributed by atoms with E-state index in [1.807, 2.05) is 0 Å². The third-order valence-corrected chi connectivity index (χ3v) is 2.75. The van der Waals surface area contributed by atoms with E-state index in [2.05, 4.69) is 21.2 Å². The lowest BCUT2D eigenvalue weighted by atomic mass is 10.2. The molecule has 0 fully saturated rings. The van der Waals surface area contributed by atoms with Crippen molar-refractivity contribution in [2.24, 2.45) is 0 Å². The first-order chi connectivity index (χ1) is 7.58. The van der Waals surface area contributed by atoms with Crippen molar-refractivity contribution in [3.8, 4) is 5.75 Å². The molecule has 0 aliphatic rings. The maximum Gasteiger partial charge on any atom is 0.260 e. The lowest BCUT2D eigenvalue weighted by molar-refractivity contribution is -0.126. The van der Waals surface area contributed by atoms with E-state index in [9.17, 15) is 9.59 Å². The summed E-state index contributed by atoms with van der Waals surface area (Å²) >= 11 is 3.23. The van der Waals surface area contributed by atoms with Crippen molar-refractivity contribution >= 4 is 28.1 Å². The third kappa shape index (κ3) is 3.06. The Bertz CT molecular complexity index is 406. The standard InChI is InChI=1S/C11H12BrNO3/c1-7(11(15)13-2)16-9-3-4-10(12)8(5-9)6-14/h3-7H,1-2H3,(H,13,15). The van der Waals surface area contributed by atoms with Gasteiger partial charge in [-0.15, -0.1) is 0 Å². The molecule has 5 heteroatoms. The normalized spacial score (nSPS) is 11.7. The molecule has 0 aromatic heterocycles. The largest absolute Gasteiger partial charge is 0.481 e. The molecule has 16 heavy (non-hydrogen) atoms. The Morgan fingerprint density at radius 1 is 1.56 bits per heavy atom. The van der Waals surface area contributed by atoms with E-state index < -0.39 is 6.10 Å². The summed E-state index contributed by atoms with van der Waals surface area (Å²) in [5, 5.41) is 2.48. The second-order valence-corrected chi connectivity index (χ2v) is 4.03. The minimum absolute atomic E-state index is 0.212. The molecule has 1 rings (SSSR count). The van der Waals surface area contributed by atoms with Crippen LogP contribution in [0.4, 0.5) is 0 Å². The zero-order chi connectivity index (χ0) is 12.1. The highest BCUT2D eigenvalue weighted by molar-refractivity contribution is 9.10. The molecule has 0 bridgehead atoms. The van der Waals surface area contributed by atoms with Crippen LogP contribution >= 0.6 is 15.9 Å². The van der Waals surface area contributed by atoms with Gasteiger partial charge in [0.05, 0.1) is 0 Å². The van der Waals surface area contributed by atoms with Gasteiger partial charge >= 0.3 is 0 Å². The monoisotopic (exact) mass is 285 g/mol. The number of likely N-dealkylation sites (N-methyl/N-ethyl adjacent to an activating group) is 1. The van der Waals surface area contributed by atoms with Gasteiger partial charge < -0.3 is 10.1 Å². The van der Waals surface area contributed by atoms with Crippen molar-refractivity contribution in [1.82, 2.24) is 5.32 Å². The molecule has 1 unspecified atom stereocenters. The zero-order valence-electron chi connectivity index (χ0n) is 8.99. The predicted molar refractivity (Wildman–Crippen MR) is 63.7 cm³/mol. The van der Waals surface area contributed by atoms with Crippen LogP contribution in [0.15, 0.2) is 22.7 Å². The van der Waals surface area contributed by atoms with Gasteiger partial charge in [-0.05, 0) is 25.1 Å². The number of nitrogens with one attached hydrogen (secondary N) is 1. The highest BCUT2D eigenvalue weighted by atomic mass is 79.9. The van der Waals surface area contributed by atoms with Gasteiger partial charge in [-0.2, -0.15) is 0 Å². The molecular weight excluding hydrogens is 274 g/mol. The molecule has 1 aromatic rings. The molecule has 0 saturated heterocycles. The van der Waals surface area contributed by atoms with E-state index >= 15 is 0 Å². The van der Waals surface area contributed by atoms with Gasteiger partial charge in [-0.25, -0.2) is 0 Å². The molecule has 0 saturated carbocycles. The lowest BCUT2D eigenvalue weighted by Gasteiger charge is -2.13. The van der Waals surface area contributed by atoms with E-state index in [-0.39, 0.29) is 5.91 Å². The van der Waals surface area contributed by atoms with Gasteiger partial charge in [0.1, 0.15) is 5.75 Å². The van der Waals surface area contributed by atoms with Crippen LogP contribution in [0.5, 0.6) is 5.75 Å². The van der Waals surface area contributed by atoms with E-state index in [0.717, 1.165) is 6.29 Å². The highest BCUT2D eigenvalue weighted by Crippen LogP contribution is 2.21. The smallest absolute Gasteiger partial charge is 0.260 e. The number of aldehydes is 1. The van der Waals surface area contributed by atoms with Crippen LogP contribution in [-0.2, 0) is 4.79 Å². The number of carbonyl (C=O) groups excluding carboxylic acids is 2. The SMILES string of the molecule is CNC(=O)C(C)Oc1ccc(Br)c(C=O)c1. The minimum Gasteiger partial charge on any atom is -0.481 e. The number of carbonyl (C=O) groups is 2. The molecule has 0 spiro atoms. The topological polar surface area (TPSA) is 55.4 Å². The summed E-state index contributed by atoms with van der Waals surface area (Å²) in [5.74, 6) is 0.275. The second kappa shape index (κ2) is 5.65. The molecule has 1 N–H and O–H groups in total. The molecule has 1 amide bonds. The fraction of sp³-hybridized carbons (Fsp3) is 0.273. The molecule has 86 valence electrons. The molecular formula is C11H12BrNO3. The summed E-state index contributed by atoms with van der Waals surface area (Å²) in [6.45, 7) is 1.64. The maximum absolute atomic E-state index is 11.2. The summed E-state index contributed by atoms with van der Waals surface area (Å²) in [4.78, 5) is 21.9. The average Bonchev–Trinajstić information content (AvgIpc) is 2.30. The van der Waals surface area contributed by atoms with Gasteiger partial charge in [0, 0.05) is 17.1 Å². The Labute approximate surface area is 102 Å². The fourth-order valence-corrected chi connectivity index (χ4v) is 1.49. The zero-order valence-corrected chi connectivity index (χ0v) is 10.6. The Hall–Kier alpha value is -1.36. The molecule has 0 radical (unpaired) electrons. The Balaban J connectivity index is 2.82. The lowest BCUT2D eigenvalue weighted by Crippen LogP contribution is -2.33. The fourth-order valence-electron chi connectivity index (χ4n) is 1.15. The summed E-state index contributed by atoms with van der Waals surface area (Å²) < 4.78 is 6.07. The Morgan fingerprint density at radius 3 is 2.81 bits per heavy atom. The van der Waals surface area contributed by atoms with Crippen molar-refractivity contribution in [2.75, 3.05) is 7.05 Å². The van der Waals surface area contributed by atoms with Crippen LogP contribution in [-0.4, -0.2) is 25.3 Å². The van der Waals surface area contributed by atoms with Crippen LogP contribution in [0.2, 0.25) is 0 Å². The molecule has 1 aromatic carbocycles. The van der Waals surface area contributed by atoms with Crippen molar-refractivity contribution in [2.45, 2.75) is 13.0 Å². The predicted octanol–water partition coefficient (Wildman–Crippen LogP) is 1.77. The van der Waals surface area contributed by atoms with E-state index in [0.29, 0.717) is 15.8 Å². The van der Waals surface area contributed by atoms with E-state index in [4.69, 9.17) is 4.74 Å². The van der Waals surface area contributed by atoms with Crippen molar-refractivity contribution < 1.29 is 14.3 Å². The van der Waals surface area contributed by atoms with Crippen molar-refractivity contribution in [1.29, 1.82) is 0 Å². The molecule has 4 nitrogen and oxygen atoms in total. The van der Waals surface area contributed by atoms with Crippen molar-refractivity contribution in [3.63, 3.8) is 0 Å². The third-order valence-electron chi connectivity index (χ3n) is 2.02. The van der Waals surface area contributed by atoms with Gasteiger partial charge in [0.25, 0.3) is 5.91 Å². The van der Waals surface area contributed by atoms with E-state index in [1.54, 1.807) is 32.2 Å². The molecule has 0 aliphatic carbocycles. The molecule has 0 heterocycles. The van der Waals surface area contributed by atoms with Crippen LogP contribution in [0, 0.1) is 0 Å². The highest BCUT2D eigenvalue weighted by Gasteiger charge is 2.13. The Morgan fingerprint density at radius 2 is 2.25 bits per heavy atom. The number of benzene rings is 1. The second-order valence-electron chi connectivity index (χ2n) is 3.18. The number of rotatable bonds is 4. The van der Waals surface area contributed by atoms with Crippen LogP contribution in [0.25, 0.3) is 0 Å². The minimum atomic E-state index is -0.592. The quantitative estimate of drug-likeness (QED) is 0.858.